The maximum Gasteiger partial charge on any atom is 0.150 e. The van der Waals surface area contributed by atoms with Gasteiger partial charge in [-0.1, -0.05) is 26.7 Å². The first-order valence-electron chi connectivity index (χ1n) is 8.04. The van der Waals surface area contributed by atoms with E-state index in [0.29, 0.717) is 23.3 Å². The molecule has 4 heteroatoms. The predicted octanol–water partition coefficient (Wildman–Crippen LogP) is 3.25. The normalized spacial score (nSPS) is 24.2. The Hall–Kier alpha value is -0.0900. The molecule has 20 heavy (non-hydrogen) atoms. The Balaban J connectivity index is 2.55. The van der Waals surface area contributed by atoms with Gasteiger partial charge in [0.1, 0.15) is 0 Å². The van der Waals surface area contributed by atoms with Gasteiger partial charge in [-0.3, -0.25) is 0 Å². The van der Waals surface area contributed by atoms with Crippen molar-refractivity contribution in [3.63, 3.8) is 0 Å². The first-order valence-corrected chi connectivity index (χ1v) is 9.86. The molecule has 1 rings (SSSR count). The molecule has 1 fully saturated rings. The van der Waals surface area contributed by atoms with Crippen LogP contribution in [0.5, 0.6) is 0 Å². The molecule has 0 radical (unpaired) electrons. The SMILES string of the molecule is CC(C)CCCC(CNC(C)(C)C)C1CCS(=O)(=O)C1. The molecule has 0 aromatic heterocycles. The first kappa shape index (κ1) is 18.0. The lowest BCUT2D eigenvalue weighted by molar-refractivity contribution is 0.279. The zero-order valence-electron chi connectivity index (χ0n) is 13.9. The Kier molecular flexibility index (Phi) is 6.52. The van der Waals surface area contributed by atoms with Crippen LogP contribution >= 0.6 is 0 Å². The van der Waals surface area contributed by atoms with E-state index in [4.69, 9.17) is 0 Å². The van der Waals surface area contributed by atoms with E-state index < -0.39 is 9.84 Å². The molecule has 1 aliphatic rings. The van der Waals surface area contributed by atoms with Crippen LogP contribution < -0.4 is 5.32 Å². The second-order valence-electron chi connectivity index (χ2n) is 7.88. The number of sulfone groups is 1. The van der Waals surface area contributed by atoms with Gasteiger partial charge < -0.3 is 5.32 Å². The van der Waals surface area contributed by atoms with Gasteiger partial charge in [0.2, 0.25) is 0 Å². The molecular weight excluding hydrogens is 270 g/mol. The molecule has 0 bridgehead atoms. The molecule has 0 aliphatic carbocycles. The first-order chi connectivity index (χ1) is 9.09. The van der Waals surface area contributed by atoms with Crippen LogP contribution in [0.15, 0.2) is 0 Å². The standard InChI is InChI=1S/C16H33NO2S/c1-13(2)7-6-8-14(11-17-16(3,4)5)15-9-10-20(18,19)12-15/h13-15,17H,6-12H2,1-5H3. The van der Waals surface area contributed by atoms with Crippen molar-refractivity contribution in [1.82, 2.24) is 5.32 Å². The Labute approximate surface area is 125 Å². The Morgan fingerprint density at radius 1 is 1.20 bits per heavy atom. The second kappa shape index (κ2) is 7.26. The molecule has 3 nitrogen and oxygen atoms in total. The zero-order chi connectivity index (χ0) is 15.4. The van der Waals surface area contributed by atoms with Crippen molar-refractivity contribution in [2.24, 2.45) is 17.8 Å². The van der Waals surface area contributed by atoms with Gasteiger partial charge in [0, 0.05) is 5.54 Å². The van der Waals surface area contributed by atoms with Crippen LogP contribution in [0.1, 0.15) is 60.3 Å². The second-order valence-corrected chi connectivity index (χ2v) is 10.1. The third-order valence-electron chi connectivity index (χ3n) is 4.19. The highest BCUT2D eigenvalue weighted by molar-refractivity contribution is 7.91. The summed E-state index contributed by atoms with van der Waals surface area (Å²) in [6.45, 7) is 12.0. The van der Waals surface area contributed by atoms with E-state index >= 15 is 0 Å². The largest absolute Gasteiger partial charge is 0.312 e. The number of rotatable bonds is 7. The van der Waals surface area contributed by atoms with Crippen molar-refractivity contribution in [2.45, 2.75) is 65.8 Å². The van der Waals surface area contributed by atoms with E-state index in [2.05, 4.69) is 39.9 Å². The topological polar surface area (TPSA) is 46.2 Å². The minimum atomic E-state index is -2.76. The van der Waals surface area contributed by atoms with E-state index in [-0.39, 0.29) is 5.54 Å². The van der Waals surface area contributed by atoms with Crippen LogP contribution in [0.2, 0.25) is 0 Å². The summed E-state index contributed by atoms with van der Waals surface area (Å²) in [6.07, 6.45) is 4.47. The molecule has 2 unspecified atom stereocenters. The van der Waals surface area contributed by atoms with Crippen molar-refractivity contribution in [3.8, 4) is 0 Å². The fourth-order valence-corrected chi connectivity index (χ4v) is 4.85. The summed E-state index contributed by atoms with van der Waals surface area (Å²) in [5, 5.41) is 3.57. The molecule has 0 aromatic rings. The van der Waals surface area contributed by atoms with Gasteiger partial charge in [-0.15, -0.1) is 0 Å². The van der Waals surface area contributed by atoms with Gasteiger partial charge in [0.05, 0.1) is 11.5 Å². The summed E-state index contributed by atoms with van der Waals surface area (Å²) >= 11 is 0. The van der Waals surface area contributed by atoms with Gasteiger partial charge >= 0.3 is 0 Å². The summed E-state index contributed by atoms with van der Waals surface area (Å²) in [4.78, 5) is 0. The van der Waals surface area contributed by atoms with Gasteiger partial charge in [-0.05, 0) is 57.9 Å². The Morgan fingerprint density at radius 2 is 1.85 bits per heavy atom. The van der Waals surface area contributed by atoms with Crippen LogP contribution in [0.4, 0.5) is 0 Å². The van der Waals surface area contributed by atoms with Crippen LogP contribution in [-0.2, 0) is 9.84 Å². The lowest BCUT2D eigenvalue weighted by atomic mass is 9.86. The number of hydrogen-bond acceptors (Lipinski definition) is 3. The lowest BCUT2D eigenvalue weighted by Gasteiger charge is -2.28. The van der Waals surface area contributed by atoms with Gasteiger partial charge in [0.25, 0.3) is 0 Å². The van der Waals surface area contributed by atoms with Crippen LogP contribution in [-0.4, -0.2) is 32.0 Å². The molecule has 0 saturated carbocycles. The van der Waals surface area contributed by atoms with Crippen LogP contribution in [0, 0.1) is 17.8 Å². The van der Waals surface area contributed by atoms with E-state index in [1.807, 2.05) is 0 Å². The molecule has 1 saturated heterocycles. The maximum absolute atomic E-state index is 11.7. The average Bonchev–Trinajstić information content (AvgIpc) is 2.62. The predicted molar refractivity (Wildman–Crippen MR) is 86.7 cm³/mol. The van der Waals surface area contributed by atoms with Crippen molar-refractivity contribution in [3.05, 3.63) is 0 Å². The third-order valence-corrected chi connectivity index (χ3v) is 5.98. The molecular formula is C16H33NO2S. The van der Waals surface area contributed by atoms with Gasteiger partial charge in [0.15, 0.2) is 9.84 Å². The molecule has 0 spiro atoms. The summed E-state index contributed by atoms with van der Waals surface area (Å²) < 4.78 is 23.4. The van der Waals surface area contributed by atoms with Gasteiger partial charge in [-0.2, -0.15) is 0 Å². The maximum atomic E-state index is 11.7. The molecule has 1 heterocycles. The average molecular weight is 304 g/mol. The number of nitrogens with one attached hydrogen (secondary N) is 1. The van der Waals surface area contributed by atoms with Crippen molar-refractivity contribution in [1.29, 1.82) is 0 Å². The van der Waals surface area contributed by atoms with Crippen molar-refractivity contribution >= 4 is 9.84 Å². The molecule has 1 N–H and O–H groups in total. The third kappa shape index (κ3) is 7.07. The van der Waals surface area contributed by atoms with Gasteiger partial charge in [-0.25, -0.2) is 8.42 Å². The summed E-state index contributed by atoms with van der Waals surface area (Å²) in [5.41, 5.74) is 0.105. The van der Waals surface area contributed by atoms with Crippen LogP contribution in [0.25, 0.3) is 0 Å². The summed E-state index contributed by atoms with van der Waals surface area (Å²) in [5.74, 6) is 2.41. The van der Waals surface area contributed by atoms with E-state index in [0.717, 1.165) is 25.3 Å². The minimum Gasteiger partial charge on any atom is -0.312 e. The summed E-state index contributed by atoms with van der Waals surface area (Å²) in [6, 6.07) is 0. The highest BCUT2D eigenvalue weighted by Gasteiger charge is 2.33. The fourth-order valence-electron chi connectivity index (χ4n) is 2.93. The quantitative estimate of drug-likeness (QED) is 0.785. The Morgan fingerprint density at radius 3 is 2.30 bits per heavy atom. The lowest BCUT2D eigenvalue weighted by Crippen LogP contribution is -2.41. The molecule has 2 atom stereocenters. The highest BCUT2D eigenvalue weighted by atomic mass is 32.2. The fraction of sp³-hybridized carbons (Fsp3) is 1.00. The molecule has 1 aliphatic heterocycles. The van der Waals surface area contributed by atoms with E-state index in [9.17, 15) is 8.42 Å². The smallest absolute Gasteiger partial charge is 0.150 e. The van der Waals surface area contributed by atoms with E-state index in [1.165, 1.54) is 12.8 Å². The molecule has 0 amide bonds. The van der Waals surface area contributed by atoms with Crippen molar-refractivity contribution in [2.75, 3.05) is 18.1 Å². The van der Waals surface area contributed by atoms with Crippen molar-refractivity contribution < 1.29 is 8.42 Å². The van der Waals surface area contributed by atoms with E-state index in [1.54, 1.807) is 0 Å². The molecule has 0 aromatic carbocycles. The van der Waals surface area contributed by atoms with Crippen LogP contribution in [0.3, 0.4) is 0 Å². The highest BCUT2D eigenvalue weighted by Crippen LogP contribution is 2.30. The summed E-state index contributed by atoms with van der Waals surface area (Å²) in [7, 11) is -2.76. The Bertz CT molecular complexity index is 382. The molecule has 120 valence electrons. The monoisotopic (exact) mass is 303 g/mol. The zero-order valence-corrected chi connectivity index (χ0v) is 14.7. The number of hydrogen-bond donors (Lipinski definition) is 1. The minimum absolute atomic E-state index is 0.105.